The standard InChI is InChI=1S/C22H19F3N2OS/c23-22(24,25)20(28)14-21-26-18-13-17(11-12-19(18)29-21)27(15-7-3-1-4-8-15)16-9-5-2-6-10-16/h1,3-5,7-14,18-19,28H,2,6H2/b20-14-. The predicted molar refractivity (Wildman–Crippen MR) is 112 cm³/mol. The van der Waals surface area contributed by atoms with E-state index in [1.54, 1.807) is 0 Å². The van der Waals surface area contributed by atoms with Crippen LogP contribution in [-0.2, 0) is 0 Å². The fourth-order valence-corrected chi connectivity index (χ4v) is 4.46. The Bertz CT molecular complexity index is 958. The highest BCUT2D eigenvalue weighted by atomic mass is 32.2. The fourth-order valence-electron chi connectivity index (χ4n) is 3.38. The first-order chi connectivity index (χ1) is 13.9. The molecule has 2 unspecified atom stereocenters. The molecule has 0 amide bonds. The van der Waals surface area contributed by atoms with E-state index in [4.69, 9.17) is 0 Å². The zero-order chi connectivity index (χ0) is 20.4. The van der Waals surface area contributed by atoms with Crippen molar-refractivity contribution in [1.82, 2.24) is 0 Å². The Balaban J connectivity index is 1.66. The molecule has 1 heterocycles. The van der Waals surface area contributed by atoms with Gasteiger partial charge in [-0.25, -0.2) is 0 Å². The van der Waals surface area contributed by atoms with E-state index < -0.39 is 11.9 Å². The number of fused-ring (bicyclic) bond motifs is 1. The van der Waals surface area contributed by atoms with Gasteiger partial charge in [0.15, 0.2) is 0 Å². The molecule has 0 aromatic heterocycles. The Labute approximate surface area is 171 Å². The minimum Gasteiger partial charge on any atom is -0.504 e. The normalized spacial score (nSPS) is 24.0. The third-order valence-electron chi connectivity index (χ3n) is 4.72. The van der Waals surface area contributed by atoms with Crippen molar-refractivity contribution >= 4 is 22.5 Å². The first-order valence-electron chi connectivity index (χ1n) is 9.26. The fraction of sp³-hybridized carbons (Fsp3) is 0.227. The van der Waals surface area contributed by atoms with E-state index in [1.807, 2.05) is 48.6 Å². The molecule has 2 atom stereocenters. The van der Waals surface area contributed by atoms with Crippen molar-refractivity contribution in [2.24, 2.45) is 4.99 Å². The molecular formula is C22H19F3N2OS. The van der Waals surface area contributed by atoms with Crippen molar-refractivity contribution in [3.05, 3.63) is 90.0 Å². The molecular weight excluding hydrogens is 397 g/mol. The van der Waals surface area contributed by atoms with E-state index in [0.717, 1.165) is 29.9 Å². The molecule has 3 nitrogen and oxygen atoms in total. The minimum absolute atomic E-state index is 0.0838. The van der Waals surface area contributed by atoms with Gasteiger partial charge in [-0.3, -0.25) is 4.99 Å². The molecule has 150 valence electrons. The van der Waals surface area contributed by atoms with Crippen LogP contribution < -0.4 is 4.90 Å². The molecule has 2 aliphatic carbocycles. The van der Waals surface area contributed by atoms with Crippen molar-refractivity contribution in [3.8, 4) is 0 Å². The summed E-state index contributed by atoms with van der Waals surface area (Å²) in [5, 5.41) is 9.32. The van der Waals surface area contributed by atoms with Crippen LogP contribution in [0.5, 0.6) is 0 Å². The molecule has 1 aliphatic heterocycles. The minimum atomic E-state index is -4.77. The maximum Gasteiger partial charge on any atom is 0.448 e. The molecule has 0 fully saturated rings. The summed E-state index contributed by atoms with van der Waals surface area (Å²) in [6.45, 7) is 0. The zero-order valence-corrected chi connectivity index (χ0v) is 16.2. The van der Waals surface area contributed by atoms with Crippen LogP contribution in [0.15, 0.2) is 95.0 Å². The van der Waals surface area contributed by atoms with Crippen LogP contribution in [0, 0.1) is 0 Å². The molecule has 0 bridgehead atoms. The summed E-state index contributed by atoms with van der Waals surface area (Å²) >= 11 is 1.22. The van der Waals surface area contributed by atoms with Gasteiger partial charge in [-0.2, -0.15) is 13.2 Å². The summed E-state index contributed by atoms with van der Waals surface area (Å²) in [5.74, 6) is -1.63. The zero-order valence-electron chi connectivity index (χ0n) is 15.4. The molecule has 7 heteroatoms. The van der Waals surface area contributed by atoms with Gasteiger partial charge in [-0.15, -0.1) is 0 Å². The van der Waals surface area contributed by atoms with Gasteiger partial charge in [0.25, 0.3) is 0 Å². The molecule has 0 radical (unpaired) electrons. The van der Waals surface area contributed by atoms with Crippen LogP contribution in [0.25, 0.3) is 0 Å². The number of anilines is 1. The predicted octanol–water partition coefficient (Wildman–Crippen LogP) is 6.07. The number of nitrogens with zero attached hydrogens (tertiary/aromatic N) is 2. The van der Waals surface area contributed by atoms with Gasteiger partial charge in [0, 0.05) is 23.2 Å². The number of allylic oxidation sites excluding steroid dienone is 5. The van der Waals surface area contributed by atoms with Crippen molar-refractivity contribution < 1.29 is 18.3 Å². The number of rotatable bonds is 4. The number of aliphatic hydroxyl groups excluding tert-OH is 1. The number of benzene rings is 1. The second-order valence-corrected chi connectivity index (χ2v) is 8.00. The summed E-state index contributed by atoms with van der Waals surface area (Å²) in [5.41, 5.74) is 2.98. The smallest absolute Gasteiger partial charge is 0.448 e. The van der Waals surface area contributed by atoms with Crippen molar-refractivity contribution in [1.29, 1.82) is 0 Å². The highest BCUT2D eigenvalue weighted by Crippen LogP contribution is 2.37. The average Bonchev–Trinajstić information content (AvgIpc) is 3.11. The number of aliphatic hydroxyl groups is 1. The van der Waals surface area contributed by atoms with E-state index in [9.17, 15) is 18.3 Å². The van der Waals surface area contributed by atoms with Gasteiger partial charge in [-0.1, -0.05) is 48.2 Å². The lowest BCUT2D eigenvalue weighted by atomic mass is 10.0. The van der Waals surface area contributed by atoms with E-state index in [-0.39, 0.29) is 16.3 Å². The number of hydrogen-bond acceptors (Lipinski definition) is 4. The molecule has 4 rings (SSSR count). The average molecular weight is 416 g/mol. The monoisotopic (exact) mass is 416 g/mol. The summed E-state index contributed by atoms with van der Waals surface area (Å²) < 4.78 is 37.8. The SMILES string of the molecule is O/C(=C\C1=NC2C=C(N(C3=CCCC=C3)c3ccccc3)C=CC2S1)C(F)(F)F. The molecule has 0 saturated heterocycles. The maximum absolute atomic E-state index is 12.6. The Morgan fingerprint density at radius 1 is 1.14 bits per heavy atom. The van der Waals surface area contributed by atoms with Gasteiger partial charge in [-0.05, 0) is 43.2 Å². The third kappa shape index (κ3) is 4.34. The Morgan fingerprint density at radius 2 is 1.93 bits per heavy atom. The van der Waals surface area contributed by atoms with Crippen LogP contribution in [0.2, 0.25) is 0 Å². The van der Waals surface area contributed by atoms with Crippen molar-refractivity contribution in [2.75, 3.05) is 4.90 Å². The second-order valence-electron chi connectivity index (χ2n) is 6.80. The molecule has 29 heavy (non-hydrogen) atoms. The topological polar surface area (TPSA) is 35.8 Å². The van der Waals surface area contributed by atoms with Crippen LogP contribution in [0.1, 0.15) is 12.8 Å². The molecule has 3 aliphatic rings. The van der Waals surface area contributed by atoms with Crippen LogP contribution >= 0.6 is 11.8 Å². The van der Waals surface area contributed by atoms with Gasteiger partial charge >= 0.3 is 6.18 Å². The second kappa shape index (κ2) is 7.99. The number of thioether (sulfide) groups is 1. The van der Waals surface area contributed by atoms with Gasteiger partial charge in [0.1, 0.15) is 0 Å². The van der Waals surface area contributed by atoms with E-state index in [1.165, 1.54) is 11.8 Å². The molecule has 1 N–H and O–H groups in total. The van der Waals surface area contributed by atoms with Crippen LogP contribution in [-0.4, -0.2) is 27.6 Å². The first-order valence-corrected chi connectivity index (χ1v) is 10.1. The Hall–Kier alpha value is -2.67. The van der Waals surface area contributed by atoms with Gasteiger partial charge in [0.2, 0.25) is 5.76 Å². The van der Waals surface area contributed by atoms with Crippen molar-refractivity contribution in [3.63, 3.8) is 0 Å². The Morgan fingerprint density at radius 3 is 2.62 bits per heavy atom. The number of para-hydroxylation sites is 1. The largest absolute Gasteiger partial charge is 0.504 e. The summed E-state index contributed by atoms with van der Waals surface area (Å²) in [6.07, 6.45) is 10.2. The van der Waals surface area contributed by atoms with E-state index in [2.05, 4.69) is 28.1 Å². The Kier molecular flexibility index (Phi) is 5.41. The number of halogens is 3. The number of alkyl halides is 3. The van der Waals surface area contributed by atoms with Gasteiger partial charge in [0.05, 0.1) is 16.3 Å². The maximum atomic E-state index is 12.6. The lowest BCUT2D eigenvalue weighted by molar-refractivity contribution is -0.120. The van der Waals surface area contributed by atoms with Gasteiger partial charge < -0.3 is 10.0 Å². The lowest BCUT2D eigenvalue weighted by Gasteiger charge is -2.31. The quantitative estimate of drug-likeness (QED) is 0.606. The highest BCUT2D eigenvalue weighted by Gasteiger charge is 2.36. The first kappa shape index (κ1) is 19.6. The number of hydrogen-bond donors (Lipinski definition) is 1. The lowest BCUT2D eigenvalue weighted by Crippen LogP contribution is -2.26. The highest BCUT2D eigenvalue weighted by molar-refractivity contribution is 8.15. The molecule has 0 saturated carbocycles. The molecule has 1 aromatic rings. The summed E-state index contributed by atoms with van der Waals surface area (Å²) in [7, 11) is 0. The van der Waals surface area contributed by atoms with Crippen LogP contribution in [0.3, 0.4) is 0 Å². The number of aliphatic imine (C=N–C) groups is 1. The van der Waals surface area contributed by atoms with E-state index >= 15 is 0 Å². The molecule has 1 aromatic carbocycles. The summed E-state index contributed by atoms with van der Waals surface area (Å²) in [4.78, 5) is 6.51. The van der Waals surface area contributed by atoms with Crippen LogP contribution in [0.4, 0.5) is 18.9 Å². The van der Waals surface area contributed by atoms with E-state index in [0.29, 0.717) is 6.08 Å². The molecule has 0 spiro atoms. The van der Waals surface area contributed by atoms with Crippen molar-refractivity contribution in [2.45, 2.75) is 30.3 Å². The summed E-state index contributed by atoms with van der Waals surface area (Å²) in [6, 6.07) is 9.65. The third-order valence-corrected chi connectivity index (χ3v) is 5.90.